The van der Waals surface area contributed by atoms with Crippen LogP contribution < -0.4 is 11.5 Å². The van der Waals surface area contributed by atoms with Crippen molar-refractivity contribution >= 4 is 11.7 Å². The fourth-order valence-corrected chi connectivity index (χ4v) is 1.98. The van der Waals surface area contributed by atoms with E-state index < -0.39 is 23.9 Å². The summed E-state index contributed by atoms with van der Waals surface area (Å²) in [5.41, 5.74) is 9.07. The molecule has 0 bridgehead atoms. The first-order valence-electron chi connectivity index (χ1n) is 5.56. The zero-order valence-corrected chi connectivity index (χ0v) is 10.0. The molecule has 1 aromatic carbocycles. The van der Waals surface area contributed by atoms with Crippen molar-refractivity contribution in [2.24, 2.45) is 16.5 Å². The lowest BCUT2D eigenvalue weighted by Crippen LogP contribution is -2.42. The number of carbonyl (C=O) groups excluding carboxylic acids is 1. The van der Waals surface area contributed by atoms with Crippen LogP contribution >= 0.6 is 0 Å². The van der Waals surface area contributed by atoms with Crippen molar-refractivity contribution in [1.29, 1.82) is 0 Å². The van der Waals surface area contributed by atoms with Gasteiger partial charge in [0.05, 0.1) is 6.61 Å². The van der Waals surface area contributed by atoms with E-state index in [-0.39, 0.29) is 30.2 Å². The summed E-state index contributed by atoms with van der Waals surface area (Å²) in [6.45, 7) is -1.07. The first-order chi connectivity index (χ1) is 8.98. The number of hydrogen-bond donors (Lipinski definition) is 2. The Hall–Kier alpha value is -2.02. The SMILES string of the molecule is NC(=O)c1ccc(F)c(C2(CF)COCC(N)=N2)c1. The van der Waals surface area contributed by atoms with E-state index in [1.807, 2.05) is 0 Å². The molecule has 1 heterocycles. The van der Waals surface area contributed by atoms with E-state index in [1.165, 1.54) is 12.1 Å². The fourth-order valence-electron chi connectivity index (χ4n) is 1.98. The number of primary amides is 1. The molecule has 1 atom stereocenters. The number of nitrogens with two attached hydrogens (primary N) is 2. The number of ether oxygens (including phenoxy) is 1. The second-order valence-electron chi connectivity index (χ2n) is 4.32. The highest BCUT2D eigenvalue weighted by molar-refractivity contribution is 5.93. The van der Waals surface area contributed by atoms with E-state index in [9.17, 15) is 13.6 Å². The van der Waals surface area contributed by atoms with E-state index in [0.717, 1.165) is 6.07 Å². The number of amidine groups is 1. The Balaban J connectivity index is 2.57. The smallest absolute Gasteiger partial charge is 0.248 e. The van der Waals surface area contributed by atoms with Crippen LogP contribution in [0, 0.1) is 5.82 Å². The molecular formula is C12H13F2N3O2. The second-order valence-corrected chi connectivity index (χ2v) is 4.32. The molecule has 5 nitrogen and oxygen atoms in total. The molecule has 0 fully saturated rings. The summed E-state index contributed by atoms with van der Waals surface area (Å²) in [6, 6.07) is 3.46. The lowest BCUT2D eigenvalue weighted by Gasteiger charge is -2.31. The number of benzene rings is 1. The summed E-state index contributed by atoms with van der Waals surface area (Å²) >= 11 is 0. The fraction of sp³-hybridized carbons (Fsp3) is 0.333. The lowest BCUT2D eigenvalue weighted by molar-refractivity contribution is 0.0807. The van der Waals surface area contributed by atoms with Gasteiger partial charge in [0.2, 0.25) is 5.91 Å². The molecule has 1 aliphatic rings. The van der Waals surface area contributed by atoms with Crippen LogP contribution in [0.2, 0.25) is 0 Å². The average molecular weight is 269 g/mol. The van der Waals surface area contributed by atoms with Gasteiger partial charge in [-0.15, -0.1) is 0 Å². The topological polar surface area (TPSA) is 90.7 Å². The van der Waals surface area contributed by atoms with E-state index in [4.69, 9.17) is 16.2 Å². The number of amides is 1. The summed E-state index contributed by atoms with van der Waals surface area (Å²) in [7, 11) is 0. The molecule has 0 aromatic heterocycles. The van der Waals surface area contributed by atoms with Gasteiger partial charge in [-0.05, 0) is 18.2 Å². The van der Waals surface area contributed by atoms with Gasteiger partial charge in [0.25, 0.3) is 0 Å². The monoisotopic (exact) mass is 269 g/mol. The van der Waals surface area contributed by atoms with Crippen molar-refractivity contribution in [1.82, 2.24) is 0 Å². The summed E-state index contributed by atoms with van der Waals surface area (Å²) in [4.78, 5) is 15.1. The zero-order valence-electron chi connectivity index (χ0n) is 10.0. The number of rotatable bonds is 3. The maximum absolute atomic E-state index is 13.9. The minimum Gasteiger partial charge on any atom is -0.385 e. The molecule has 0 aliphatic carbocycles. The first kappa shape index (κ1) is 13.4. The quantitative estimate of drug-likeness (QED) is 0.836. The summed E-state index contributed by atoms with van der Waals surface area (Å²) in [5.74, 6) is -1.35. The predicted octanol–water partition coefficient (Wildman–Crippen LogP) is 0.477. The molecule has 0 spiro atoms. The number of carbonyl (C=O) groups is 1. The molecule has 0 saturated carbocycles. The van der Waals surface area contributed by atoms with Gasteiger partial charge < -0.3 is 16.2 Å². The largest absolute Gasteiger partial charge is 0.385 e. The van der Waals surface area contributed by atoms with Crippen molar-refractivity contribution in [3.8, 4) is 0 Å². The van der Waals surface area contributed by atoms with Crippen LogP contribution in [0.25, 0.3) is 0 Å². The van der Waals surface area contributed by atoms with Crippen LogP contribution in [-0.4, -0.2) is 31.6 Å². The number of hydrogen-bond acceptors (Lipinski definition) is 4. The van der Waals surface area contributed by atoms with Gasteiger partial charge >= 0.3 is 0 Å². The van der Waals surface area contributed by atoms with Crippen LogP contribution in [0.15, 0.2) is 23.2 Å². The maximum Gasteiger partial charge on any atom is 0.248 e. The molecule has 0 saturated heterocycles. The van der Waals surface area contributed by atoms with E-state index in [0.29, 0.717) is 0 Å². The van der Waals surface area contributed by atoms with Gasteiger partial charge in [-0.3, -0.25) is 9.79 Å². The van der Waals surface area contributed by atoms with Gasteiger partial charge in [0, 0.05) is 11.1 Å². The minimum atomic E-state index is -1.56. The third kappa shape index (κ3) is 2.41. The molecule has 7 heteroatoms. The van der Waals surface area contributed by atoms with Gasteiger partial charge in [-0.2, -0.15) is 0 Å². The molecular weight excluding hydrogens is 256 g/mol. The van der Waals surface area contributed by atoms with E-state index in [2.05, 4.69) is 4.99 Å². The Labute approximate surface area is 108 Å². The third-order valence-electron chi connectivity index (χ3n) is 2.92. The standard InChI is InChI=1S/C12H13F2N3O2/c13-5-12(6-19-4-10(15)17-12)8-3-7(11(16)18)1-2-9(8)14/h1-3H,4-6H2,(H2,15,17)(H2,16,18). The number of halogens is 2. The number of nitrogens with zero attached hydrogens (tertiary/aromatic N) is 1. The molecule has 19 heavy (non-hydrogen) atoms. The molecule has 2 rings (SSSR count). The minimum absolute atomic E-state index is 0.0683. The van der Waals surface area contributed by atoms with Crippen molar-refractivity contribution < 1.29 is 18.3 Å². The van der Waals surface area contributed by atoms with Crippen molar-refractivity contribution in [2.75, 3.05) is 19.9 Å². The van der Waals surface area contributed by atoms with Crippen molar-refractivity contribution in [3.63, 3.8) is 0 Å². The normalized spacial score (nSPS) is 22.9. The highest BCUT2D eigenvalue weighted by Crippen LogP contribution is 2.32. The Bertz CT molecular complexity index is 548. The summed E-state index contributed by atoms with van der Waals surface area (Å²) in [5, 5.41) is 0. The van der Waals surface area contributed by atoms with Gasteiger partial charge in [0.1, 0.15) is 30.5 Å². The predicted molar refractivity (Wildman–Crippen MR) is 65.0 cm³/mol. The van der Waals surface area contributed by atoms with Gasteiger partial charge in [-0.1, -0.05) is 0 Å². The van der Waals surface area contributed by atoms with Crippen LogP contribution in [0.3, 0.4) is 0 Å². The van der Waals surface area contributed by atoms with Crippen LogP contribution in [0.1, 0.15) is 15.9 Å². The Morgan fingerprint density at radius 3 is 2.84 bits per heavy atom. The van der Waals surface area contributed by atoms with E-state index in [1.54, 1.807) is 0 Å². The number of aliphatic imine (C=N–C) groups is 1. The molecule has 4 N–H and O–H groups in total. The second kappa shape index (κ2) is 4.93. The zero-order chi connectivity index (χ0) is 14.0. The Kier molecular flexibility index (Phi) is 3.48. The summed E-state index contributed by atoms with van der Waals surface area (Å²) < 4.78 is 32.4. The van der Waals surface area contributed by atoms with Crippen LogP contribution in [-0.2, 0) is 10.3 Å². The molecule has 102 valence electrons. The summed E-state index contributed by atoms with van der Waals surface area (Å²) in [6.07, 6.45) is 0. The molecule has 1 aliphatic heterocycles. The molecule has 1 aromatic rings. The number of alkyl halides is 1. The third-order valence-corrected chi connectivity index (χ3v) is 2.92. The lowest BCUT2D eigenvalue weighted by atomic mass is 9.90. The average Bonchev–Trinajstić information content (AvgIpc) is 2.38. The molecule has 1 unspecified atom stereocenters. The first-order valence-corrected chi connectivity index (χ1v) is 5.56. The van der Waals surface area contributed by atoms with Crippen LogP contribution in [0.4, 0.5) is 8.78 Å². The van der Waals surface area contributed by atoms with Crippen LogP contribution in [0.5, 0.6) is 0 Å². The molecule has 0 radical (unpaired) electrons. The maximum atomic E-state index is 13.9. The Morgan fingerprint density at radius 1 is 1.53 bits per heavy atom. The Morgan fingerprint density at radius 2 is 2.26 bits per heavy atom. The van der Waals surface area contributed by atoms with Crippen molar-refractivity contribution in [3.05, 3.63) is 35.1 Å². The molecule has 1 amide bonds. The van der Waals surface area contributed by atoms with Gasteiger partial charge in [-0.25, -0.2) is 8.78 Å². The van der Waals surface area contributed by atoms with Crippen molar-refractivity contribution in [2.45, 2.75) is 5.54 Å². The highest BCUT2D eigenvalue weighted by Gasteiger charge is 2.38. The van der Waals surface area contributed by atoms with Gasteiger partial charge in [0.15, 0.2) is 0 Å². The highest BCUT2D eigenvalue weighted by atomic mass is 19.1. The van der Waals surface area contributed by atoms with E-state index >= 15 is 0 Å².